The van der Waals surface area contributed by atoms with Crippen LogP contribution >= 0.6 is 0 Å². The highest BCUT2D eigenvalue weighted by Crippen LogP contribution is 2.18. The molecule has 7 heteroatoms. The van der Waals surface area contributed by atoms with Gasteiger partial charge < -0.3 is 15.9 Å². The average Bonchev–Trinajstić information content (AvgIpc) is 2.80. The van der Waals surface area contributed by atoms with Crippen LogP contribution in [-0.4, -0.2) is 41.7 Å². The largest absolute Gasteiger partial charge is 0.359 e. The second-order valence-corrected chi connectivity index (χ2v) is 12.3. The molecule has 6 nitrogen and oxygen atoms in total. The second-order valence-electron chi connectivity index (χ2n) is 6.70. The fraction of sp³-hybridized carbons (Fsp3) is 0.533. The third-order valence-corrected chi connectivity index (χ3v) is 5.14. The molecule has 2 rings (SSSR count). The Bertz CT molecular complexity index is 674. The SMILES string of the molecule is Cc1ccc2c(C(=N)CN)nn(COCC[Si](C)(C)C)c2n1. The van der Waals surface area contributed by atoms with Gasteiger partial charge in [0.05, 0.1) is 5.71 Å². The van der Waals surface area contributed by atoms with Crippen LogP contribution in [0.15, 0.2) is 12.1 Å². The van der Waals surface area contributed by atoms with Crippen molar-refractivity contribution in [1.82, 2.24) is 14.8 Å². The van der Waals surface area contributed by atoms with Gasteiger partial charge in [-0.3, -0.25) is 0 Å². The van der Waals surface area contributed by atoms with Crippen LogP contribution in [0.25, 0.3) is 11.0 Å². The Morgan fingerprint density at radius 2 is 2.09 bits per heavy atom. The van der Waals surface area contributed by atoms with Crippen molar-refractivity contribution in [2.45, 2.75) is 39.3 Å². The average molecular weight is 319 g/mol. The van der Waals surface area contributed by atoms with E-state index in [4.69, 9.17) is 15.9 Å². The van der Waals surface area contributed by atoms with Crippen LogP contribution in [-0.2, 0) is 11.5 Å². The standard InChI is InChI=1S/C15H25N5OSi/c1-11-5-6-12-14(13(17)9-16)19-20(15(12)18-11)10-21-7-8-22(2,3)4/h5-6,17H,7-10,16H2,1-4H3. The summed E-state index contributed by atoms with van der Waals surface area (Å²) in [6, 6.07) is 4.99. The number of nitrogens with one attached hydrogen (secondary N) is 1. The highest BCUT2D eigenvalue weighted by atomic mass is 28.3. The lowest BCUT2D eigenvalue weighted by atomic mass is 10.2. The first-order valence-electron chi connectivity index (χ1n) is 7.51. The lowest BCUT2D eigenvalue weighted by Gasteiger charge is -2.15. The number of hydrogen-bond donors (Lipinski definition) is 2. The number of ether oxygens (including phenoxy) is 1. The van der Waals surface area contributed by atoms with Crippen molar-refractivity contribution in [3.05, 3.63) is 23.5 Å². The van der Waals surface area contributed by atoms with Crippen molar-refractivity contribution in [1.29, 1.82) is 5.41 Å². The molecule has 0 aliphatic rings. The van der Waals surface area contributed by atoms with Crippen LogP contribution in [0.4, 0.5) is 0 Å². The fourth-order valence-electron chi connectivity index (χ4n) is 2.09. The first-order valence-corrected chi connectivity index (χ1v) is 11.2. The van der Waals surface area contributed by atoms with E-state index >= 15 is 0 Å². The van der Waals surface area contributed by atoms with Gasteiger partial charge in [0.2, 0.25) is 0 Å². The Balaban J connectivity index is 2.21. The molecule has 0 fully saturated rings. The number of nitrogens with two attached hydrogens (primary N) is 1. The molecular weight excluding hydrogens is 294 g/mol. The Hall–Kier alpha value is -1.57. The van der Waals surface area contributed by atoms with Gasteiger partial charge in [0.25, 0.3) is 0 Å². The number of rotatable bonds is 7. The summed E-state index contributed by atoms with van der Waals surface area (Å²) in [7, 11) is -1.10. The van der Waals surface area contributed by atoms with E-state index in [1.807, 2.05) is 19.1 Å². The normalized spacial score (nSPS) is 12.0. The molecule has 3 N–H and O–H groups in total. The second kappa shape index (κ2) is 6.68. The molecule has 0 bridgehead atoms. The van der Waals surface area contributed by atoms with Crippen LogP contribution in [0.2, 0.25) is 25.7 Å². The van der Waals surface area contributed by atoms with Gasteiger partial charge in [-0.1, -0.05) is 19.6 Å². The predicted octanol–water partition coefficient (Wildman–Crippen LogP) is 2.38. The topological polar surface area (TPSA) is 89.8 Å². The van der Waals surface area contributed by atoms with Crippen molar-refractivity contribution in [3.8, 4) is 0 Å². The van der Waals surface area contributed by atoms with Gasteiger partial charge in [-0.15, -0.1) is 0 Å². The van der Waals surface area contributed by atoms with E-state index in [1.165, 1.54) is 0 Å². The molecule has 22 heavy (non-hydrogen) atoms. The van der Waals surface area contributed by atoms with E-state index in [9.17, 15) is 0 Å². The highest BCUT2D eigenvalue weighted by molar-refractivity contribution is 6.76. The number of fused-ring (bicyclic) bond motifs is 1. The van der Waals surface area contributed by atoms with E-state index in [0.29, 0.717) is 18.1 Å². The van der Waals surface area contributed by atoms with E-state index in [0.717, 1.165) is 29.4 Å². The zero-order chi connectivity index (χ0) is 16.3. The van der Waals surface area contributed by atoms with Crippen molar-refractivity contribution in [2.75, 3.05) is 13.2 Å². The monoisotopic (exact) mass is 319 g/mol. The van der Waals surface area contributed by atoms with Gasteiger partial charge in [-0.05, 0) is 25.1 Å². The molecule has 2 aromatic rings. The summed E-state index contributed by atoms with van der Waals surface area (Å²) in [5, 5.41) is 13.3. The van der Waals surface area contributed by atoms with E-state index in [1.54, 1.807) is 4.68 Å². The van der Waals surface area contributed by atoms with Crippen LogP contribution in [0.5, 0.6) is 0 Å². The Kier molecular flexibility index (Phi) is 5.10. The number of aryl methyl sites for hydroxylation is 1. The molecule has 0 atom stereocenters. The maximum atomic E-state index is 7.96. The van der Waals surface area contributed by atoms with Crippen molar-refractivity contribution >= 4 is 24.8 Å². The smallest absolute Gasteiger partial charge is 0.161 e. The molecule has 0 spiro atoms. The lowest BCUT2D eigenvalue weighted by molar-refractivity contribution is 0.0812. The zero-order valence-corrected chi connectivity index (χ0v) is 14.8. The summed E-state index contributed by atoms with van der Waals surface area (Å²) in [4.78, 5) is 4.53. The molecule has 2 aromatic heterocycles. The minimum absolute atomic E-state index is 0.163. The van der Waals surface area contributed by atoms with E-state index < -0.39 is 8.07 Å². The number of nitrogens with zero attached hydrogens (tertiary/aromatic N) is 3. The molecule has 0 aliphatic heterocycles. The quantitative estimate of drug-likeness (QED) is 0.466. The molecule has 0 amide bonds. The summed E-state index contributed by atoms with van der Waals surface area (Å²) >= 11 is 0. The maximum absolute atomic E-state index is 7.96. The number of pyridine rings is 1. The zero-order valence-electron chi connectivity index (χ0n) is 13.8. The summed E-state index contributed by atoms with van der Waals surface area (Å²) in [6.07, 6.45) is 0. The molecule has 0 saturated heterocycles. The minimum Gasteiger partial charge on any atom is -0.359 e. The van der Waals surface area contributed by atoms with Crippen molar-refractivity contribution in [3.63, 3.8) is 0 Å². The Labute approximate surface area is 132 Å². The van der Waals surface area contributed by atoms with Crippen molar-refractivity contribution < 1.29 is 4.74 Å². The van der Waals surface area contributed by atoms with Gasteiger partial charge in [0.1, 0.15) is 12.4 Å². The molecule has 0 saturated carbocycles. The molecule has 120 valence electrons. The fourth-order valence-corrected chi connectivity index (χ4v) is 2.84. The first-order chi connectivity index (χ1) is 10.3. The molecule has 0 radical (unpaired) electrons. The number of aromatic nitrogens is 3. The summed E-state index contributed by atoms with van der Waals surface area (Å²) < 4.78 is 7.49. The van der Waals surface area contributed by atoms with Crippen LogP contribution in [0, 0.1) is 12.3 Å². The van der Waals surface area contributed by atoms with Gasteiger partial charge in [0, 0.05) is 32.3 Å². The van der Waals surface area contributed by atoms with Crippen LogP contribution in [0.3, 0.4) is 0 Å². The molecule has 0 aliphatic carbocycles. The van der Waals surface area contributed by atoms with Gasteiger partial charge in [0.15, 0.2) is 5.65 Å². The molecule has 0 aromatic carbocycles. The Morgan fingerprint density at radius 1 is 1.36 bits per heavy atom. The van der Waals surface area contributed by atoms with Gasteiger partial charge in [-0.2, -0.15) is 5.10 Å². The molecule has 0 unspecified atom stereocenters. The highest BCUT2D eigenvalue weighted by Gasteiger charge is 2.16. The molecular formula is C15H25N5OSi. The predicted molar refractivity (Wildman–Crippen MR) is 92.3 cm³/mol. The van der Waals surface area contributed by atoms with Gasteiger partial charge >= 0.3 is 0 Å². The van der Waals surface area contributed by atoms with E-state index in [-0.39, 0.29) is 6.54 Å². The van der Waals surface area contributed by atoms with Gasteiger partial charge in [-0.25, -0.2) is 9.67 Å². The van der Waals surface area contributed by atoms with Crippen molar-refractivity contribution in [2.24, 2.45) is 5.73 Å². The lowest BCUT2D eigenvalue weighted by Crippen LogP contribution is -2.22. The minimum atomic E-state index is -1.10. The number of hydrogen-bond acceptors (Lipinski definition) is 5. The third kappa shape index (κ3) is 4.00. The van der Waals surface area contributed by atoms with Crippen LogP contribution < -0.4 is 5.73 Å². The van der Waals surface area contributed by atoms with E-state index in [2.05, 4.69) is 29.7 Å². The van der Waals surface area contributed by atoms with Crippen LogP contribution in [0.1, 0.15) is 11.4 Å². The molecule has 2 heterocycles. The summed E-state index contributed by atoms with van der Waals surface area (Å²) in [5.41, 5.74) is 8.16. The Morgan fingerprint density at radius 3 is 2.73 bits per heavy atom. The maximum Gasteiger partial charge on any atom is 0.161 e. The third-order valence-electron chi connectivity index (χ3n) is 3.43. The first kappa shape index (κ1) is 16.8. The summed E-state index contributed by atoms with van der Waals surface area (Å²) in [5.74, 6) is 0. The summed E-state index contributed by atoms with van der Waals surface area (Å²) in [6.45, 7) is 10.2.